The van der Waals surface area contributed by atoms with Crippen LogP contribution in [0.5, 0.6) is 0 Å². The van der Waals surface area contributed by atoms with Crippen LogP contribution in [0.15, 0.2) is 0 Å². The molecule has 0 atom stereocenters. The average Bonchev–Trinajstić information content (AvgIpc) is 2.02. The van der Waals surface area contributed by atoms with Crippen molar-refractivity contribution in [3.05, 3.63) is 0 Å². The Morgan fingerprint density at radius 2 is 1.85 bits per heavy atom. The van der Waals surface area contributed by atoms with Gasteiger partial charge >= 0.3 is 0 Å². The molecular formula is C9H19F2NO. The van der Waals surface area contributed by atoms with Crippen LogP contribution in [-0.4, -0.2) is 31.7 Å². The summed E-state index contributed by atoms with van der Waals surface area (Å²) < 4.78 is 30.9. The quantitative estimate of drug-likeness (QED) is 0.700. The van der Waals surface area contributed by atoms with E-state index >= 15 is 0 Å². The molecule has 0 saturated heterocycles. The van der Waals surface area contributed by atoms with E-state index in [0.29, 0.717) is 0 Å². The van der Waals surface area contributed by atoms with Crippen molar-refractivity contribution in [3.8, 4) is 0 Å². The maximum atomic E-state index is 12.9. The van der Waals surface area contributed by atoms with Crippen LogP contribution in [0.1, 0.15) is 27.2 Å². The van der Waals surface area contributed by atoms with Gasteiger partial charge in [0.2, 0.25) is 0 Å². The molecule has 0 radical (unpaired) electrons. The van der Waals surface area contributed by atoms with Gasteiger partial charge in [-0.25, -0.2) is 8.78 Å². The fraction of sp³-hybridized carbons (Fsp3) is 1.00. The van der Waals surface area contributed by atoms with Gasteiger partial charge in [0.25, 0.3) is 5.92 Å². The summed E-state index contributed by atoms with van der Waals surface area (Å²) in [7, 11) is 1.50. The van der Waals surface area contributed by atoms with Crippen molar-refractivity contribution in [1.82, 2.24) is 5.32 Å². The normalized spacial score (nSPS) is 13.4. The lowest BCUT2D eigenvalue weighted by Crippen LogP contribution is -2.38. The van der Waals surface area contributed by atoms with Crippen LogP contribution < -0.4 is 5.32 Å². The van der Waals surface area contributed by atoms with Crippen LogP contribution in [0.4, 0.5) is 8.78 Å². The highest BCUT2D eigenvalue weighted by Crippen LogP contribution is 2.19. The molecule has 0 spiro atoms. The van der Waals surface area contributed by atoms with E-state index in [9.17, 15) is 8.78 Å². The van der Waals surface area contributed by atoms with Crippen LogP contribution in [-0.2, 0) is 4.74 Å². The molecule has 0 fully saturated rings. The van der Waals surface area contributed by atoms with E-state index in [1.807, 2.05) is 20.8 Å². The molecule has 2 nitrogen and oxygen atoms in total. The Labute approximate surface area is 78.7 Å². The third-order valence-corrected chi connectivity index (χ3v) is 1.96. The molecule has 0 saturated carbocycles. The van der Waals surface area contributed by atoms with Gasteiger partial charge in [0.15, 0.2) is 0 Å². The number of nitrogens with one attached hydrogen (secondary N) is 1. The van der Waals surface area contributed by atoms with E-state index in [1.165, 1.54) is 7.05 Å². The molecule has 80 valence electrons. The number of halogens is 2. The number of ether oxygens (including phenoxy) is 1. The van der Waals surface area contributed by atoms with Crippen molar-refractivity contribution in [1.29, 1.82) is 0 Å². The number of hydrogen-bond acceptors (Lipinski definition) is 2. The Balaban J connectivity index is 3.86. The first kappa shape index (κ1) is 12.8. The first-order valence-electron chi connectivity index (χ1n) is 4.49. The van der Waals surface area contributed by atoms with Crippen molar-refractivity contribution in [2.24, 2.45) is 0 Å². The molecule has 0 aromatic rings. The van der Waals surface area contributed by atoms with Crippen molar-refractivity contribution in [3.63, 3.8) is 0 Å². The van der Waals surface area contributed by atoms with E-state index in [1.54, 1.807) is 0 Å². The highest BCUT2D eigenvalue weighted by molar-refractivity contribution is 4.72. The zero-order chi connectivity index (χ0) is 10.5. The fourth-order valence-electron chi connectivity index (χ4n) is 0.713. The number of alkyl halides is 2. The molecule has 0 amide bonds. The summed E-state index contributed by atoms with van der Waals surface area (Å²) in [5, 5.41) is 2.43. The zero-order valence-corrected chi connectivity index (χ0v) is 8.79. The molecular weight excluding hydrogens is 176 g/mol. The topological polar surface area (TPSA) is 21.3 Å². The van der Waals surface area contributed by atoms with Crippen LogP contribution >= 0.6 is 0 Å². The summed E-state index contributed by atoms with van der Waals surface area (Å²) in [6.07, 6.45) is 0.725. The van der Waals surface area contributed by atoms with E-state index < -0.39 is 18.1 Å². The molecule has 4 heteroatoms. The minimum atomic E-state index is -2.78. The van der Waals surface area contributed by atoms with Gasteiger partial charge in [-0.05, 0) is 27.3 Å². The molecule has 0 unspecified atom stereocenters. The van der Waals surface area contributed by atoms with Gasteiger partial charge in [0.1, 0.15) is 6.61 Å². The van der Waals surface area contributed by atoms with E-state index in [4.69, 9.17) is 4.74 Å². The van der Waals surface area contributed by atoms with Gasteiger partial charge in [-0.15, -0.1) is 0 Å². The van der Waals surface area contributed by atoms with Gasteiger partial charge in [-0.2, -0.15) is 0 Å². The van der Waals surface area contributed by atoms with Crippen molar-refractivity contribution in [2.75, 3.05) is 20.2 Å². The Kier molecular flexibility index (Phi) is 4.78. The lowest BCUT2D eigenvalue weighted by atomic mass is 10.1. The molecule has 1 N–H and O–H groups in total. The smallest absolute Gasteiger partial charge is 0.283 e. The fourth-order valence-corrected chi connectivity index (χ4v) is 0.713. The third kappa shape index (κ3) is 5.93. The number of rotatable bonds is 6. The summed E-state index contributed by atoms with van der Waals surface area (Å²) in [5.74, 6) is -2.78. The predicted octanol–water partition coefficient (Wildman–Crippen LogP) is 2.05. The van der Waals surface area contributed by atoms with Crippen molar-refractivity contribution in [2.45, 2.75) is 38.7 Å². The highest BCUT2D eigenvalue weighted by atomic mass is 19.3. The van der Waals surface area contributed by atoms with Crippen LogP contribution in [0.3, 0.4) is 0 Å². The van der Waals surface area contributed by atoms with E-state index in [2.05, 4.69) is 5.32 Å². The van der Waals surface area contributed by atoms with E-state index in [-0.39, 0.29) is 6.54 Å². The standard InChI is InChI=1S/C9H19F2NO/c1-5-8(2,3)13-7-9(10,11)6-12-4/h12H,5-7H2,1-4H3. The van der Waals surface area contributed by atoms with Gasteiger partial charge in [0, 0.05) is 0 Å². The Morgan fingerprint density at radius 3 is 2.23 bits per heavy atom. The molecule has 0 heterocycles. The monoisotopic (exact) mass is 195 g/mol. The molecule has 13 heavy (non-hydrogen) atoms. The van der Waals surface area contributed by atoms with Gasteiger partial charge < -0.3 is 10.1 Å². The Hall–Kier alpha value is -0.220. The molecule has 0 bridgehead atoms. The maximum absolute atomic E-state index is 12.9. The molecule has 0 aliphatic carbocycles. The average molecular weight is 195 g/mol. The number of hydrogen-bond donors (Lipinski definition) is 1. The van der Waals surface area contributed by atoms with Gasteiger partial charge in [-0.1, -0.05) is 6.92 Å². The summed E-state index contributed by atoms with van der Waals surface area (Å²) in [4.78, 5) is 0. The summed E-state index contributed by atoms with van der Waals surface area (Å²) in [6.45, 7) is 4.67. The predicted molar refractivity (Wildman–Crippen MR) is 49.2 cm³/mol. The molecule has 0 aromatic heterocycles. The first-order chi connectivity index (χ1) is 5.83. The second kappa shape index (κ2) is 4.86. The SMILES string of the molecule is CCC(C)(C)OCC(F)(F)CNC. The Morgan fingerprint density at radius 1 is 1.31 bits per heavy atom. The van der Waals surface area contributed by atoms with Crippen molar-refractivity contribution < 1.29 is 13.5 Å². The lowest BCUT2D eigenvalue weighted by molar-refractivity contribution is -0.125. The highest BCUT2D eigenvalue weighted by Gasteiger charge is 2.31. The minimum absolute atomic E-state index is 0.340. The van der Waals surface area contributed by atoms with Crippen LogP contribution in [0.2, 0.25) is 0 Å². The molecule has 0 aliphatic heterocycles. The molecule has 0 aromatic carbocycles. The second-order valence-corrected chi connectivity index (χ2v) is 3.79. The summed E-state index contributed by atoms with van der Waals surface area (Å²) in [6, 6.07) is 0. The van der Waals surface area contributed by atoms with Crippen molar-refractivity contribution >= 4 is 0 Å². The van der Waals surface area contributed by atoms with Crippen LogP contribution in [0.25, 0.3) is 0 Å². The van der Waals surface area contributed by atoms with Gasteiger partial charge in [-0.3, -0.25) is 0 Å². The third-order valence-electron chi connectivity index (χ3n) is 1.96. The van der Waals surface area contributed by atoms with Gasteiger partial charge in [0.05, 0.1) is 12.1 Å². The molecule has 0 aliphatic rings. The largest absolute Gasteiger partial charge is 0.369 e. The zero-order valence-electron chi connectivity index (χ0n) is 8.79. The first-order valence-corrected chi connectivity index (χ1v) is 4.49. The van der Waals surface area contributed by atoms with E-state index in [0.717, 1.165) is 6.42 Å². The molecule has 0 rings (SSSR count). The second-order valence-electron chi connectivity index (χ2n) is 3.79. The minimum Gasteiger partial charge on any atom is -0.369 e. The summed E-state index contributed by atoms with van der Waals surface area (Å²) in [5.41, 5.74) is -0.461. The lowest BCUT2D eigenvalue weighted by Gasteiger charge is -2.26. The van der Waals surface area contributed by atoms with Crippen LogP contribution in [0, 0.1) is 0 Å². The maximum Gasteiger partial charge on any atom is 0.283 e. The summed E-state index contributed by atoms with van der Waals surface area (Å²) >= 11 is 0. The Bertz CT molecular complexity index is 149.